The van der Waals surface area contributed by atoms with Gasteiger partial charge in [-0.3, -0.25) is 0 Å². The highest BCUT2D eigenvalue weighted by molar-refractivity contribution is 14.1. The molecule has 4 heteroatoms. The fraction of sp³-hybridized carbons (Fsp3) is 0.417. The maximum Gasteiger partial charge on any atom is 0.338 e. The van der Waals surface area contributed by atoms with Crippen LogP contribution >= 0.6 is 45.2 Å². The SMILES string of the molecule is CC(C)(C)COC(=O)c1cc(I)cc(I)c1. The number of carbonyl (C=O) groups excluding carboxylic acids is 1. The predicted molar refractivity (Wildman–Crippen MR) is 81.6 cm³/mol. The summed E-state index contributed by atoms with van der Waals surface area (Å²) in [6.45, 7) is 6.56. The van der Waals surface area contributed by atoms with Gasteiger partial charge in [-0.15, -0.1) is 0 Å². The van der Waals surface area contributed by atoms with Crippen molar-refractivity contribution in [1.29, 1.82) is 0 Å². The predicted octanol–water partition coefficient (Wildman–Crippen LogP) is 4.10. The molecular weight excluding hydrogens is 430 g/mol. The van der Waals surface area contributed by atoms with Gasteiger partial charge in [-0.1, -0.05) is 20.8 Å². The fourth-order valence-corrected chi connectivity index (χ4v) is 2.97. The van der Waals surface area contributed by atoms with E-state index in [2.05, 4.69) is 45.2 Å². The highest BCUT2D eigenvalue weighted by Crippen LogP contribution is 2.17. The molecule has 0 aliphatic rings. The van der Waals surface area contributed by atoms with Crippen molar-refractivity contribution in [2.24, 2.45) is 5.41 Å². The third kappa shape index (κ3) is 4.99. The number of esters is 1. The molecule has 0 radical (unpaired) electrons. The Morgan fingerprint density at radius 2 is 1.69 bits per heavy atom. The van der Waals surface area contributed by atoms with E-state index >= 15 is 0 Å². The minimum absolute atomic E-state index is 0.00471. The van der Waals surface area contributed by atoms with Gasteiger partial charge in [-0.25, -0.2) is 4.79 Å². The molecule has 1 aromatic rings. The summed E-state index contributed by atoms with van der Waals surface area (Å²) >= 11 is 4.39. The van der Waals surface area contributed by atoms with Gasteiger partial charge in [-0.05, 0) is 68.8 Å². The van der Waals surface area contributed by atoms with Crippen LogP contribution in [0.5, 0.6) is 0 Å². The van der Waals surface area contributed by atoms with E-state index in [1.807, 2.05) is 39.0 Å². The van der Waals surface area contributed by atoms with Gasteiger partial charge in [0.15, 0.2) is 0 Å². The van der Waals surface area contributed by atoms with Gasteiger partial charge in [-0.2, -0.15) is 0 Å². The zero-order valence-electron chi connectivity index (χ0n) is 9.51. The first kappa shape index (κ1) is 14.2. The van der Waals surface area contributed by atoms with E-state index in [9.17, 15) is 4.79 Å². The van der Waals surface area contributed by atoms with Gasteiger partial charge < -0.3 is 4.74 Å². The van der Waals surface area contributed by atoms with E-state index in [4.69, 9.17) is 4.74 Å². The summed E-state index contributed by atoms with van der Waals surface area (Å²) in [5, 5.41) is 0. The largest absolute Gasteiger partial charge is 0.462 e. The molecule has 0 fully saturated rings. The van der Waals surface area contributed by atoms with Crippen molar-refractivity contribution in [2.75, 3.05) is 6.61 Å². The van der Waals surface area contributed by atoms with Gasteiger partial charge >= 0.3 is 5.97 Å². The Morgan fingerprint density at radius 3 is 2.12 bits per heavy atom. The number of carbonyl (C=O) groups is 1. The number of hydrogen-bond acceptors (Lipinski definition) is 2. The average Bonchev–Trinajstić information content (AvgIpc) is 2.11. The van der Waals surface area contributed by atoms with Crippen molar-refractivity contribution < 1.29 is 9.53 Å². The van der Waals surface area contributed by atoms with Crippen LogP contribution in [0.4, 0.5) is 0 Å². The average molecular weight is 444 g/mol. The van der Waals surface area contributed by atoms with Crippen LogP contribution in [0.2, 0.25) is 0 Å². The highest BCUT2D eigenvalue weighted by atomic mass is 127. The van der Waals surface area contributed by atoms with Gasteiger partial charge in [0.25, 0.3) is 0 Å². The van der Waals surface area contributed by atoms with E-state index in [-0.39, 0.29) is 11.4 Å². The Kier molecular flexibility index (Phi) is 5.03. The summed E-state index contributed by atoms with van der Waals surface area (Å²) in [5.74, 6) is -0.244. The fourth-order valence-electron chi connectivity index (χ4n) is 1.04. The first-order valence-electron chi connectivity index (χ1n) is 4.91. The molecule has 88 valence electrons. The van der Waals surface area contributed by atoms with Crippen LogP contribution in [0, 0.1) is 12.6 Å². The molecule has 0 aliphatic heterocycles. The van der Waals surface area contributed by atoms with Crippen LogP contribution in [-0.2, 0) is 4.74 Å². The molecule has 0 heterocycles. The molecule has 0 saturated heterocycles. The lowest BCUT2D eigenvalue weighted by Crippen LogP contribution is -2.18. The summed E-state index contributed by atoms with van der Waals surface area (Å²) in [6.07, 6.45) is 0. The third-order valence-corrected chi connectivity index (χ3v) is 2.98. The first-order valence-corrected chi connectivity index (χ1v) is 7.07. The summed E-state index contributed by atoms with van der Waals surface area (Å²) in [6, 6.07) is 5.70. The second kappa shape index (κ2) is 5.66. The Morgan fingerprint density at radius 1 is 1.19 bits per heavy atom. The topological polar surface area (TPSA) is 26.3 Å². The minimum atomic E-state index is -0.244. The summed E-state index contributed by atoms with van der Waals surface area (Å²) in [7, 11) is 0. The summed E-state index contributed by atoms with van der Waals surface area (Å²) in [5.41, 5.74) is 0.630. The van der Waals surface area contributed by atoms with E-state index < -0.39 is 0 Å². The molecule has 2 nitrogen and oxygen atoms in total. The van der Waals surface area contributed by atoms with Crippen molar-refractivity contribution in [3.63, 3.8) is 0 Å². The Labute approximate surface area is 123 Å². The molecule has 0 amide bonds. The Balaban J connectivity index is 2.73. The molecule has 16 heavy (non-hydrogen) atoms. The van der Waals surface area contributed by atoms with Crippen molar-refractivity contribution >= 4 is 51.2 Å². The second-order valence-electron chi connectivity index (χ2n) is 4.79. The van der Waals surface area contributed by atoms with Crippen LogP contribution in [0.25, 0.3) is 0 Å². The van der Waals surface area contributed by atoms with Crippen LogP contribution in [0.1, 0.15) is 31.1 Å². The maximum absolute atomic E-state index is 11.8. The number of rotatable bonds is 2. The van der Waals surface area contributed by atoms with Gasteiger partial charge in [0.2, 0.25) is 0 Å². The van der Waals surface area contributed by atoms with Crippen LogP contribution in [-0.4, -0.2) is 12.6 Å². The van der Waals surface area contributed by atoms with Gasteiger partial charge in [0, 0.05) is 7.14 Å². The van der Waals surface area contributed by atoms with Crippen molar-refractivity contribution in [3.8, 4) is 0 Å². The molecule has 0 spiro atoms. The third-order valence-electron chi connectivity index (χ3n) is 1.73. The number of ether oxygens (including phenoxy) is 1. The number of benzene rings is 1. The maximum atomic E-state index is 11.8. The van der Waals surface area contributed by atoms with Crippen LogP contribution in [0.3, 0.4) is 0 Å². The van der Waals surface area contributed by atoms with Gasteiger partial charge in [0.05, 0.1) is 12.2 Å². The minimum Gasteiger partial charge on any atom is -0.462 e. The molecule has 1 rings (SSSR count). The zero-order valence-corrected chi connectivity index (χ0v) is 13.8. The lowest BCUT2D eigenvalue weighted by molar-refractivity contribution is 0.0366. The molecule has 0 atom stereocenters. The summed E-state index contributed by atoms with van der Waals surface area (Å²) in [4.78, 5) is 11.8. The monoisotopic (exact) mass is 444 g/mol. The second-order valence-corrected chi connectivity index (χ2v) is 7.29. The highest BCUT2D eigenvalue weighted by Gasteiger charge is 2.15. The van der Waals surface area contributed by atoms with Gasteiger partial charge in [0.1, 0.15) is 0 Å². The van der Waals surface area contributed by atoms with E-state index in [1.165, 1.54) is 0 Å². The standard InChI is InChI=1S/C12H14I2O2/c1-12(2,3)7-16-11(15)8-4-9(13)6-10(14)5-8/h4-6H,7H2,1-3H3. The molecule has 0 bridgehead atoms. The Hall–Kier alpha value is 0.150. The van der Waals surface area contributed by atoms with Crippen LogP contribution in [0.15, 0.2) is 18.2 Å². The molecule has 1 aromatic carbocycles. The van der Waals surface area contributed by atoms with Crippen molar-refractivity contribution in [3.05, 3.63) is 30.9 Å². The molecule has 0 N–H and O–H groups in total. The lowest BCUT2D eigenvalue weighted by atomic mass is 9.99. The van der Waals surface area contributed by atoms with Crippen LogP contribution < -0.4 is 0 Å². The van der Waals surface area contributed by atoms with Crippen molar-refractivity contribution in [2.45, 2.75) is 20.8 Å². The molecule has 0 aliphatic carbocycles. The quantitative estimate of drug-likeness (QED) is 0.508. The molecular formula is C12H14I2O2. The summed E-state index contributed by atoms with van der Waals surface area (Å²) < 4.78 is 7.35. The van der Waals surface area contributed by atoms with E-state index in [1.54, 1.807) is 0 Å². The smallest absolute Gasteiger partial charge is 0.338 e. The Bertz CT molecular complexity index is 374. The molecule has 0 saturated carbocycles. The number of hydrogen-bond donors (Lipinski definition) is 0. The molecule has 0 aromatic heterocycles. The van der Waals surface area contributed by atoms with E-state index in [0.29, 0.717) is 12.2 Å². The number of halogens is 2. The normalized spacial score (nSPS) is 11.3. The first-order chi connectivity index (χ1) is 7.28. The van der Waals surface area contributed by atoms with E-state index in [0.717, 1.165) is 7.14 Å². The van der Waals surface area contributed by atoms with Crippen molar-refractivity contribution in [1.82, 2.24) is 0 Å². The zero-order chi connectivity index (χ0) is 12.3. The lowest BCUT2D eigenvalue weighted by Gasteiger charge is -2.17. The molecule has 0 unspecified atom stereocenters.